The summed E-state index contributed by atoms with van der Waals surface area (Å²) < 4.78 is 29.3. The lowest BCUT2D eigenvalue weighted by molar-refractivity contribution is -0.120. The fourth-order valence-electron chi connectivity index (χ4n) is 1.85. The van der Waals surface area contributed by atoms with Crippen molar-refractivity contribution in [1.29, 1.82) is 0 Å². The predicted octanol–water partition coefficient (Wildman–Crippen LogP) is 4.35. The third-order valence-electron chi connectivity index (χ3n) is 3.02. The molecular formula is C17H15BrF2N2O3. The molecule has 0 heterocycles. The molecule has 0 unspecified atom stereocenters. The fraction of sp³-hybridized carbons (Fsp3) is 0.176. The van der Waals surface area contributed by atoms with Gasteiger partial charge in [-0.15, -0.1) is 0 Å². The van der Waals surface area contributed by atoms with Crippen LogP contribution in [0, 0.1) is 6.92 Å². The van der Waals surface area contributed by atoms with Gasteiger partial charge in [-0.1, -0.05) is 21.1 Å². The van der Waals surface area contributed by atoms with E-state index in [1.807, 2.05) is 19.1 Å². The van der Waals surface area contributed by atoms with Crippen molar-refractivity contribution in [1.82, 2.24) is 0 Å². The van der Waals surface area contributed by atoms with Crippen LogP contribution in [-0.4, -0.2) is 25.3 Å². The van der Waals surface area contributed by atoms with E-state index >= 15 is 0 Å². The summed E-state index contributed by atoms with van der Waals surface area (Å²) in [5.74, 6) is -0.295. The molecule has 0 radical (unpaired) electrons. The molecule has 0 aliphatic carbocycles. The lowest BCUT2D eigenvalue weighted by Crippen LogP contribution is -2.17. The minimum atomic E-state index is -2.86. The minimum absolute atomic E-state index is 0.0530. The highest BCUT2D eigenvalue weighted by atomic mass is 79.9. The van der Waals surface area contributed by atoms with Gasteiger partial charge in [0.05, 0.1) is 6.21 Å². The number of hydrogen-bond donors (Lipinski definition) is 1. The van der Waals surface area contributed by atoms with E-state index in [9.17, 15) is 13.6 Å². The van der Waals surface area contributed by atoms with Crippen LogP contribution >= 0.6 is 15.9 Å². The molecule has 0 aliphatic rings. The molecule has 0 saturated heterocycles. The van der Waals surface area contributed by atoms with Gasteiger partial charge < -0.3 is 14.9 Å². The molecule has 25 heavy (non-hydrogen) atoms. The first-order chi connectivity index (χ1) is 11.9. The molecule has 1 amide bonds. The van der Waals surface area contributed by atoms with Gasteiger partial charge in [0, 0.05) is 10.2 Å². The van der Waals surface area contributed by atoms with Crippen LogP contribution in [0.15, 0.2) is 52.1 Å². The average Bonchev–Trinajstić information content (AvgIpc) is 2.56. The number of alkyl halides is 2. The van der Waals surface area contributed by atoms with Gasteiger partial charge in [0.25, 0.3) is 5.91 Å². The molecule has 0 bridgehead atoms. The van der Waals surface area contributed by atoms with Gasteiger partial charge in [-0.2, -0.15) is 8.78 Å². The third kappa shape index (κ3) is 6.50. The Hall–Kier alpha value is -2.48. The number of halogens is 3. The summed E-state index contributed by atoms with van der Waals surface area (Å²) in [7, 11) is 0. The van der Waals surface area contributed by atoms with Crippen molar-refractivity contribution in [3.8, 4) is 5.75 Å². The van der Waals surface area contributed by atoms with Crippen LogP contribution in [0.2, 0.25) is 0 Å². The van der Waals surface area contributed by atoms with Crippen LogP contribution in [0.5, 0.6) is 5.75 Å². The second-order valence-electron chi connectivity index (χ2n) is 4.97. The van der Waals surface area contributed by atoms with Crippen molar-refractivity contribution in [2.45, 2.75) is 13.5 Å². The Morgan fingerprint density at radius 3 is 2.64 bits per heavy atom. The highest BCUT2D eigenvalue weighted by molar-refractivity contribution is 9.10. The number of hydrogen-bond acceptors (Lipinski definition) is 4. The largest absolute Gasteiger partial charge is 0.435 e. The number of anilines is 1. The molecule has 132 valence electrons. The van der Waals surface area contributed by atoms with E-state index in [2.05, 4.69) is 31.1 Å². The summed E-state index contributed by atoms with van der Waals surface area (Å²) in [6.07, 6.45) is 1.36. The summed E-state index contributed by atoms with van der Waals surface area (Å²) in [5.41, 5.74) is 2.27. The van der Waals surface area contributed by atoms with Crippen molar-refractivity contribution >= 4 is 33.7 Å². The predicted molar refractivity (Wildman–Crippen MR) is 94.1 cm³/mol. The number of nitrogens with one attached hydrogen (secondary N) is 1. The second-order valence-corrected chi connectivity index (χ2v) is 5.82. The second kappa shape index (κ2) is 9.12. The lowest BCUT2D eigenvalue weighted by Gasteiger charge is -2.06. The third-order valence-corrected chi connectivity index (χ3v) is 3.91. The molecule has 1 N–H and O–H groups in total. The van der Waals surface area contributed by atoms with E-state index in [4.69, 9.17) is 4.84 Å². The normalized spacial score (nSPS) is 10.9. The molecule has 0 spiro atoms. The maximum Gasteiger partial charge on any atom is 0.387 e. The number of ether oxygens (including phenoxy) is 1. The van der Waals surface area contributed by atoms with Crippen molar-refractivity contribution in [2.75, 3.05) is 11.9 Å². The number of carbonyl (C=O) groups is 1. The monoisotopic (exact) mass is 412 g/mol. The van der Waals surface area contributed by atoms with Crippen molar-refractivity contribution in [2.24, 2.45) is 5.16 Å². The average molecular weight is 413 g/mol. The molecule has 8 heteroatoms. The maximum absolute atomic E-state index is 12.0. The van der Waals surface area contributed by atoms with E-state index in [0.29, 0.717) is 11.3 Å². The van der Waals surface area contributed by atoms with E-state index in [1.54, 1.807) is 6.07 Å². The van der Waals surface area contributed by atoms with E-state index in [-0.39, 0.29) is 18.3 Å². The molecule has 2 aromatic carbocycles. The van der Waals surface area contributed by atoms with Crippen LogP contribution in [0.4, 0.5) is 14.5 Å². The van der Waals surface area contributed by atoms with Gasteiger partial charge in [-0.05, 0) is 60.5 Å². The Morgan fingerprint density at radius 2 is 2.00 bits per heavy atom. The number of carbonyl (C=O) groups excluding carboxylic acids is 1. The van der Waals surface area contributed by atoms with Gasteiger partial charge in [-0.3, -0.25) is 4.79 Å². The van der Waals surface area contributed by atoms with Crippen molar-refractivity contribution in [3.05, 3.63) is 58.1 Å². The lowest BCUT2D eigenvalue weighted by atomic mass is 10.2. The number of nitrogens with zero attached hydrogens (tertiary/aromatic N) is 1. The number of amides is 1. The van der Waals surface area contributed by atoms with Gasteiger partial charge in [0.1, 0.15) is 5.75 Å². The Morgan fingerprint density at radius 1 is 1.28 bits per heavy atom. The molecule has 0 atom stereocenters. The Balaban J connectivity index is 1.78. The SMILES string of the molecule is Cc1cc(NC(=O)CO/N=C\c2ccc(OC(F)F)cc2)ccc1Br. The van der Waals surface area contributed by atoms with Crippen LogP contribution in [0.1, 0.15) is 11.1 Å². The molecular weight excluding hydrogens is 398 g/mol. The Kier molecular flexibility index (Phi) is 6.88. The summed E-state index contributed by atoms with van der Waals surface area (Å²) in [6, 6.07) is 11.3. The van der Waals surface area contributed by atoms with Gasteiger partial charge >= 0.3 is 6.61 Å². The van der Waals surface area contributed by atoms with E-state index < -0.39 is 6.61 Å². The molecule has 2 rings (SSSR count). The van der Waals surface area contributed by atoms with Crippen LogP contribution in [0.3, 0.4) is 0 Å². The highest BCUT2D eigenvalue weighted by Crippen LogP contribution is 2.19. The molecule has 0 aliphatic heterocycles. The minimum Gasteiger partial charge on any atom is -0.435 e. The Bertz CT molecular complexity index is 752. The molecule has 0 aromatic heterocycles. The smallest absolute Gasteiger partial charge is 0.387 e. The molecule has 0 saturated carbocycles. The first kappa shape index (κ1) is 18.9. The quantitative estimate of drug-likeness (QED) is 0.543. The number of rotatable bonds is 7. The van der Waals surface area contributed by atoms with Gasteiger partial charge in [0.2, 0.25) is 0 Å². The van der Waals surface area contributed by atoms with Gasteiger partial charge in [-0.25, -0.2) is 0 Å². The summed E-state index contributed by atoms with van der Waals surface area (Å²) >= 11 is 3.38. The van der Waals surface area contributed by atoms with E-state index in [1.165, 1.54) is 30.5 Å². The highest BCUT2D eigenvalue weighted by Gasteiger charge is 2.05. The van der Waals surface area contributed by atoms with Crippen molar-refractivity contribution < 1.29 is 23.1 Å². The van der Waals surface area contributed by atoms with Crippen LogP contribution in [-0.2, 0) is 9.63 Å². The summed E-state index contributed by atoms with van der Waals surface area (Å²) in [5, 5.41) is 6.35. The number of aryl methyl sites for hydroxylation is 1. The fourth-order valence-corrected chi connectivity index (χ4v) is 2.10. The first-order valence-corrected chi connectivity index (χ1v) is 7.99. The molecule has 0 fully saturated rings. The first-order valence-electron chi connectivity index (χ1n) is 7.20. The number of oxime groups is 1. The molecule has 5 nitrogen and oxygen atoms in total. The Labute approximate surface area is 151 Å². The maximum atomic E-state index is 12.0. The summed E-state index contributed by atoms with van der Waals surface area (Å²) in [4.78, 5) is 16.7. The van der Waals surface area contributed by atoms with Crippen LogP contribution < -0.4 is 10.1 Å². The topological polar surface area (TPSA) is 59.9 Å². The zero-order chi connectivity index (χ0) is 18.2. The zero-order valence-electron chi connectivity index (χ0n) is 13.2. The zero-order valence-corrected chi connectivity index (χ0v) is 14.8. The summed E-state index contributed by atoms with van der Waals surface area (Å²) in [6.45, 7) is -1.20. The molecule has 2 aromatic rings. The standard InChI is InChI=1S/C17H15BrF2N2O3/c1-11-8-13(4-7-15(11)18)22-16(23)10-24-21-9-12-2-5-14(6-3-12)25-17(19)20/h2-9,17H,10H2,1H3,(H,22,23)/b21-9-. The van der Waals surface area contributed by atoms with E-state index in [0.717, 1.165) is 10.0 Å². The van der Waals surface area contributed by atoms with Crippen molar-refractivity contribution in [3.63, 3.8) is 0 Å². The van der Waals surface area contributed by atoms with Crippen LogP contribution in [0.25, 0.3) is 0 Å². The number of benzene rings is 2. The van der Waals surface area contributed by atoms with Gasteiger partial charge in [0.15, 0.2) is 6.61 Å².